The molecule has 0 bridgehead atoms. The van der Waals surface area contributed by atoms with Crippen molar-refractivity contribution in [2.45, 2.75) is 0 Å². The lowest BCUT2D eigenvalue weighted by atomic mass is 9.78. The maximum absolute atomic E-state index is 13.3. The van der Waals surface area contributed by atoms with Crippen LogP contribution in [0.2, 0.25) is 5.02 Å². The van der Waals surface area contributed by atoms with Crippen molar-refractivity contribution in [1.29, 1.82) is 0 Å². The smallest absolute Gasteiger partial charge is 0.423 e. The van der Waals surface area contributed by atoms with Crippen molar-refractivity contribution in [2.75, 3.05) is 11.9 Å². The molecule has 0 atom stereocenters. The van der Waals surface area contributed by atoms with Crippen LogP contribution in [0.1, 0.15) is 0 Å². The molecule has 0 amide bonds. The number of halogens is 2. The molecule has 0 heterocycles. The standard InChI is InChI=1S/C9H10BClFNO2/c1-2-3-13-8-5-6(11)4-7(12)9(8)10(14)15/h2,4-5,13-15H,1,3H2. The fourth-order valence-electron chi connectivity index (χ4n) is 1.18. The first-order chi connectivity index (χ1) is 7.06. The number of rotatable bonds is 4. The Kier molecular flexibility index (Phi) is 4.14. The molecule has 3 N–H and O–H groups in total. The lowest BCUT2D eigenvalue weighted by molar-refractivity contribution is 0.423. The van der Waals surface area contributed by atoms with E-state index in [1.54, 1.807) is 6.08 Å². The Labute approximate surface area is 92.3 Å². The highest BCUT2D eigenvalue weighted by atomic mass is 35.5. The van der Waals surface area contributed by atoms with Crippen LogP contribution in [0.4, 0.5) is 10.1 Å². The molecule has 0 saturated carbocycles. The van der Waals surface area contributed by atoms with E-state index in [2.05, 4.69) is 11.9 Å². The first kappa shape index (κ1) is 12.0. The number of nitrogens with one attached hydrogen (secondary N) is 1. The summed E-state index contributed by atoms with van der Waals surface area (Å²) in [5.41, 5.74) is 0.0242. The second kappa shape index (κ2) is 5.16. The summed E-state index contributed by atoms with van der Waals surface area (Å²) in [5, 5.41) is 20.9. The van der Waals surface area contributed by atoms with Crippen LogP contribution in [-0.4, -0.2) is 23.7 Å². The van der Waals surface area contributed by atoms with Gasteiger partial charge in [-0.1, -0.05) is 17.7 Å². The Bertz CT molecular complexity index is 373. The van der Waals surface area contributed by atoms with Crippen LogP contribution in [0.5, 0.6) is 0 Å². The summed E-state index contributed by atoms with van der Waals surface area (Å²) in [6, 6.07) is 2.44. The molecule has 6 heteroatoms. The SMILES string of the molecule is C=CCNc1cc(Cl)cc(F)c1B(O)O. The molecule has 0 spiro atoms. The lowest BCUT2D eigenvalue weighted by Gasteiger charge is -2.11. The third kappa shape index (κ3) is 2.96. The number of hydrogen-bond acceptors (Lipinski definition) is 3. The molecule has 1 aromatic rings. The fourth-order valence-corrected chi connectivity index (χ4v) is 1.38. The molecule has 0 aliphatic carbocycles. The highest BCUT2D eigenvalue weighted by Gasteiger charge is 2.21. The van der Waals surface area contributed by atoms with E-state index in [1.807, 2.05) is 0 Å². The second-order valence-corrected chi connectivity index (χ2v) is 3.33. The maximum Gasteiger partial charge on any atom is 0.493 e. The molecule has 15 heavy (non-hydrogen) atoms. The summed E-state index contributed by atoms with van der Waals surface area (Å²) in [7, 11) is -1.88. The highest BCUT2D eigenvalue weighted by molar-refractivity contribution is 6.60. The van der Waals surface area contributed by atoms with Crippen molar-refractivity contribution in [3.8, 4) is 0 Å². The van der Waals surface area contributed by atoms with E-state index in [4.69, 9.17) is 21.6 Å². The summed E-state index contributed by atoms with van der Waals surface area (Å²) in [4.78, 5) is 0. The average Bonchev–Trinajstić information content (AvgIpc) is 2.12. The normalized spacial score (nSPS) is 9.87. The molecule has 0 fully saturated rings. The third-order valence-corrected chi connectivity index (χ3v) is 2.01. The van der Waals surface area contributed by atoms with E-state index < -0.39 is 12.9 Å². The molecular weight excluding hydrogens is 219 g/mol. The fraction of sp³-hybridized carbons (Fsp3) is 0.111. The van der Waals surface area contributed by atoms with Gasteiger partial charge in [0.2, 0.25) is 0 Å². The minimum atomic E-state index is -1.88. The molecule has 80 valence electrons. The van der Waals surface area contributed by atoms with E-state index in [9.17, 15) is 4.39 Å². The molecule has 0 unspecified atom stereocenters. The summed E-state index contributed by atoms with van der Waals surface area (Å²) in [6.07, 6.45) is 1.56. The predicted octanol–water partition coefficient (Wildman–Crippen LogP) is 0.757. The van der Waals surface area contributed by atoms with Gasteiger partial charge in [0.25, 0.3) is 0 Å². The van der Waals surface area contributed by atoms with Gasteiger partial charge in [-0.2, -0.15) is 0 Å². The molecule has 0 saturated heterocycles. The summed E-state index contributed by atoms with van der Waals surface area (Å²) >= 11 is 5.64. The molecule has 1 aromatic carbocycles. The molecule has 0 radical (unpaired) electrons. The highest BCUT2D eigenvalue weighted by Crippen LogP contribution is 2.16. The largest absolute Gasteiger partial charge is 0.493 e. The van der Waals surface area contributed by atoms with Gasteiger partial charge in [0, 0.05) is 22.7 Å². The van der Waals surface area contributed by atoms with Crippen LogP contribution in [0, 0.1) is 5.82 Å². The monoisotopic (exact) mass is 229 g/mol. The van der Waals surface area contributed by atoms with Crippen molar-refractivity contribution in [2.24, 2.45) is 0 Å². The number of benzene rings is 1. The maximum atomic E-state index is 13.3. The number of anilines is 1. The van der Waals surface area contributed by atoms with Crippen molar-refractivity contribution < 1.29 is 14.4 Å². The molecule has 0 aliphatic rings. The van der Waals surface area contributed by atoms with Crippen molar-refractivity contribution in [3.05, 3.63) is 35.6 Å². The van der Waals surface area contributed by atoms with Crippen molar-refractivity contribution >= 4 is 29.9 Å². The molecular formula is C9H10BClFNO2. The van der Waals surface area contributed by atoms with Gasteiger partial charge in [0.1, 0.15) is 5.82 Å². The van der Waals surface area contributed by atoms with E-state index in [0.29, 0.717) is 6.54 Å². The molecule has 3 nitrogen and oxygen atoms in total. The zero-order valence-corrected chi connectivity index (χ0v) is 8.63. The first-order valence-corrected chi connectivity index (χ1v) is 4.64. The van der Waals surface area contributed by atoms with Gasteiger partial charge in [-0.05, 0) is 12.1 Å². The van der Waals surface area contributed by atoms with Gasteiger partial charge < -0.3 is 15.4 Å². The Hall–Kier alpha value is -1.04. The van der Waals surface area contributed by atoms with Crippen molar-refractivity contribution in [3.63, 3.8) is 0 Å². The van der Waals surface area contributed by atoms with Crippen LogP contribution in [0.15, 0.2) is 24.8 Å². The van der Waals surface area contributed by atoms with Crippen LogP contribution in [-0.2, 0) is 0 Å². The van der Waals surface area contributed by atoms with Gasteiger partial charge in [-0.25, -0.2) is 4.39 Å². The van der Waals surface area contributed by atoms with E-state index >= 15 is 0 Å². The van der Waals surface area contributed by atoms with Crippen LogP contribution < -0.4 is 10.8 Å². The minimum Gasteiger partial charge on any atom is -0.423 e. The summed E-state index contributed by atoms with van der Waals surface area (Å²) in [5.74, 6) is -0.760. The third-order valence-electron chi connectivity index (χ3n) is 1.79. The average molecular weight is 229 g/mol. The Morgan fingerprint density at radius 1 is 1.53 bits per heavy atom. The Balaban J connectivity index is 3.14. The summed E-state index contributed by atoms with van der Waals surface area (Å²) in [6.45, 7) is 3.86. The zero-order chi connectivity index (χ0) is 11.4. The minimum absolute atomic E-state index is 0.184. The van der Waals surface area contributed by atoms with Crippen LogP contribution in [0.25, 0.3) is 0 Å². The van der Waals surface area contributed by atoms with Gasteiger partial charge in [-0.3, -0.25) is 0 Å². The van der Waals surface area contributed by atoms with Gasteiger partial charge in [0.15, 0.2) is 0 Å². The molecule has 0 aliphatic heterocycles. The van der Waals surface area contributed by atoms with Crippen molar-refractivity contribution in [1.82, 2.24) is 0 Å². The van der Waals surface area contributed by atoms with Crippen LogP contribution in [0.3, 0.4) is 0 Å². The molecule has 0 aromatic heterocycles. The van der Waals surface area contributed by atoms with E-state index in [0.717, 1.165) is 6.07 Å². The van der Waals surface area contributed by atoms with Gasteiger partial charge in [0.05, 0.1) is 0 Å². The number of hydrogen-bond donors (Lipinski definition) is 3. The van der Waals surface area contributed by atoms with Crippen LogP contribution >= 0.6 is 11.6 Å². The lowest BCUT2D eigenvalue weighted by Crippen LogP contribution is -2.35. The Morgan fingerprint density at radius 3 is 2.73 bits per heavy atom. The quantitative estimate of drug-likeness (QED) is 0.528. The van der Waals surface area contributed by atoms with E-state index in [-0.39, 0.29) is 16.2 Å². The van der Waals surface area contributed by atoms with E-state index in [1.165, 1.54) is 6.07 Å². The Morgan fingerprint density at radius 2 is 2.20 bits per heavy atom. The molecule has 1 rings (SSSR count). The zero-order valence-electron chi connectivity index (χ0n) is 7.87. The second-order valence-electron chi connectivity index (χ2n) is 2.89. The van der Waals surface area contributed by atoms with Gasteiger partial charge >= 0.3 is 7.12 Å². The predicted molar refractivity (Wildman–Crippen MR) is 59.9 cm³/mol. The topological polar surface area (TPSA) is 52.5 Å². The summed E-state index contributed by atoms with van der Waals surface area (Å²) < 4.78 is 13.3. The van der Waals surface area contributed by atoms with Gasteiger partial charge in [-0.15, -0.1) is 6.58 Å². The first-order valence-electron chi connectivity index (χ1n) is 4.26.